The van der Waals surface area contributed by atoms with Crippen molar-refractivity contribution in [2.45, 2.75) is 32.9 Å². The molecule has 0 amide bonds. The van der Waals surface area contributed by atoms with Crippen LogP contribution in [0, 0.1) is 0 Å². The summed E-state index contributed by atoms with van der Waals surface area (Å²) in [5, 5.41) is 16.9. The van der Waals surface area contributed by atoms with E-state index in [0.29, 0.717) is 13.1 Å². The third-order valence-corrected chi connectivity index (χ3v) is 3.42. The fourth-order valence-corrected chi connectivity index (χ4v) is 2.20. The van der Waals surface area contributed by atoms with Crippen molar-refractivity contribution in [1.29, 1.82) is 0 Å². The Labute approximate surface area is 131 Å². The summed E-state index contributed by atoms with van der Waals surface area (Å²) in [6.45, 7) is 7.74. The summed E-state index contributed by atoms with van der Waals surface area (Å²) in [6, 6.07) is 7.92. The normalized spacial score (nSPS) is 11.7. The molecule has 0 saturated carbocycles. The van der Waals surface area contributed by atoms with Crippen LogP contribution in [0.3, 0.4) is 0 Å². The van der Waals surface area contributed by atoms with Gasteiger partial charge < -0.3 is 15.2 Å². The Kier molecular flexibility index (Phi) is 5.21. The molecule has 0 unspecified atom stereocenters. The van der Waals surface area contributed by atoms with E-state index in [1.165, 1.54) is 0 Å². The van der Waals surface area contributed by atoms with E-state index in [4.69, 9.17) is 14.9 Å². The minimum atomic E-state index is -0.0805. The van der Waals surface area contributed by atoms with E-state index in [1.807, 2.05) is 28.9 Å². The van der Waals surface area contributed by atoms with E-state index < -0.39 is 0 Å². The Balaban J connectivity index is 2.40. The smallest absolute Gasteiger partial charge is 0.119 e. The van der Waals surface area contributed by atoms with Crippen molar-refractivity contribution < 1.29 is 9.84 Å². The fourth-order valence-electron chi connectivity index (χ4n) is 2.20. The quantitative estimate of drug-likeness (QED) is 0.805. The van der Waals surface area contributed by atoms with Crippen molar-refractivity contribution in [2.24, 2.45) is 0 Å². The molecule has 0 spiro atoms. The maximum atomic E-state index is 8.93. The molecule has 2 N–H and O–H groups in total. The number of methoxy groups -OCH3 is 1. The third kappa shape index (κ3) is 3.87. The molecule has 0 aliphatic heterocycles. The highest BCUT2D eigenvalue weighted by Crippen LogP contribution is 2.27. The van der Waals surface area contributed by atoms with Gasteiger partial charge in [0.2, 0.25) is 0 Å². The van der Waals surface area contributed by atoms with E-state index in [-0.39, 0.29) is 12.1 Å². The van der Waals surface area contributed by atoms with Crippen LogP contribution in [-0.2, 0) is 12.1 Å². The lowest BCUT2D eigenvalue weighted by atomic mass is 10.1. The molecule has 120 valence electrons. The zero-order chi connectivity index (χ0) is 16.2. The lowest BCUT2D eigenvalue weighted by Crippen LogP contribution is -2.22. The molecule has 5 heteroatoms. The van der Waals surface area contributed by atoms with Crippen molar-refractivity contribution in [2.75, 3.05) is 20.3 Å². The molecule has 0 atom stereocenters. The van der Waals surface area contributed by atoms with Crippen LogP contribution in [0.2, 0.25) is 0 Å². The topological polar surface area (TPSA) is 59.3 Å². The number of aromatic nitrogens is 2. The van der Waals surface area contributed by atoms with Gasteiger partial charge in [-0.05, 0) is 32.9 Å². The van der Waals surface area contributed by atoms with Crippen molar-refractivity contribution in [1.82, 2.24) is 15.1 Å². The molecule has 1 aromatic carbocycles. The zero-order valence-corrected chi connectivity index (χ0v) is 13.8. The maximum Gasteiger partial charge on any atom is 0.119 e. The van der Waals surface area contributed by atoms with E-state index in [2.05, 4.69) is 32.3 Å². The molecule has 0 radical (unpaired) electrons. The van der Waals surface area contributed by atoms with E-state index in [9.17, 15) is 0 Å². The highest BCUT2D eigenvalue weighted by atomic mass is 16.5. The average Bonchev–Trinajstić information content (AvgIpc) is 2.92. The fraction of sp³-hybridized carbons (Fsp3) is 0.471. The first-order valence-corrected chi connectivity index (χ1v) is 7.50. The largest absolute Gasteiger partial charge is 0.497 e. The highest BCUT2D eigenvalue weighted by Gasteiger charge is 2.19. The Morgan fingerprint density at radius 3 is 2.73 bits per heavy atom. The Morgan fingerprint density at radius 2 is 2.09 bits per heavy atom. The Hall–Kier alpha value is -1.85. The molecule has 1 heterocycles. The average molecular weight is 303 g/mol. The molecule has 2 aromatic rings. The second-order valence-electron chi connectivity index (χ2n) is 6.25. The van der Waals surface area contributed by atoms with Gasteiger partial charge in [0.05, 0.1) is 24.9 Å². The number of rotatable bonds is 6. The summed E-state index contributed by atoms with van der Waals surface area (Å²) >= 11 is 0. The van der Waals surface area contributed by atoms with Gasteiger partial charge in [-0.15, -0.1) is 0 Å². The van der Waals surface area contributed by atoms with E-state index >= 15 is 0 Å². The van der Waals surface area contributed by atoms with Crippen LogP contribution in [0.15, 0.2) is 30.5 Å². The summed E-state index contributed by atoms with van der Waals surface area (Å²) in [5.74, 6) is 0.817. The van der Waals surface area contributed by atoms with Gasteiger partial charge >= 0.3 is 0 Å². The second kappa shape index (κ2) is 6.94. The van der Waals surface area contributed by atoms with Crippen molar-refractivity contribution >= 4 is 0 Å². The first-order valence-electron chi connectivity index (χ1n) is 7.50. The SMILES string of the molecule is COc1cccc(-c2nn(C(C)(C)C)cc2CNCCO)c1. The molecule has 0 fully saturated rings. The number of nitrogens with zero attached hydrogens (tertiary/aromatic N) is 2. The number of nitrogens with one attached hydrogen (secondary N) is 1. The second-order valence-corrected chi connectivity index (χ2v) is 6.25. The van der Waals surface area contributed by atoms with Gasteiger partial charge in [0.1, 0.15) is 5.75 Å². The van der Waals surface area contributed by atoms with Gasteiger partial charge in [0, 0.05) is 30.4 Å². The number of ether oxygens (including phenoxy) is 1. The predicted molar refractivity (Wildman–Crippen MR) is 88.0 cm³/mol. The van der Waals surface area contributed by atoms with E-state index in [1.54, 1.807) is 7.11 Å². The summed E-state index contributed by atoms with van der Waals surface area (Å²) in [6.07, 6.45) is 2.07. The van der Waals surface area contributed by atoms with Gasteiger partial charge in [-0.2, -0.15) is 5.10 Å². The Morgan fingerprint density at radius 1 is 1.32 bits per heavy atom. The van der Waals surface area contributed by atoms with Crippen LogP contribution < -0.4 is 10.1 Å². The molecular weight excluding hydrogens is 278 g/mol. The molecule has 5 nitrogen and oxygen atoms in total. The first kappa shape index (κ1) is 16.5. The lowest BCUT2D eigenvalue weighted by Gasteiger charge is -2.18. The minimum Gasteiger partial charge on any atom is -0.497 e. The maximum absolute atomic E-state index is 8.93. The van der Waals surface area contributed by atoms with Crippen LogP contribution in [0.25, 0.3) is 11.3 Å². The van der Waals surface area contributed by atoms with E-state index in [0.717, 1.165) is 22.6 Å². The summed E-state index contributed by atoms with van der Waals surface area (Å²) in [5.41, 5.74) is 3.00. The van der Waals surface area contributed by atoms with Crippen LogP contribution >= 0.6 is 0 Å². The van der Waals surface area contributed by atoms with Gasteiger partial charge in [-0.1, -0.05) is 12.1 Å². The van der Waals surface area contributed by atoms with Gasteiger partial charge in [-0.3, -0.25) is 4.68 Å². The molecular formula is C17H25N3O2. The molecule has 0 aliphatic rings. The van der Waals surface area contributed by atoms with Crippen molar-refractivity contribution in [3.8, 4) is 17.0 Å². The number of aliphatic hydroxyl groups excluding tert-OH is 1. The molecule has 1 aromatic heterocycles. The number of hydrogen-bond acceptors (Lipinski definition) is 4. The predicted octanol–water partition coefficient (Wildman–Crippen LogP) is 2.40. The monoisotopic (exact) mass is 303 g/mol. The van der Waals surface area contributed by atoms with Crippen LogP contribution in [0.4, 0.5) is 0 Å². The highest BCUT2D eigenvalue weighted by molar-refractivity contribution is 5.64. The number of benzene rings is 1. The van der Waals surface area contributed by atoms with Gasteiger partial charge in [-0.25, -0.2) is 0 Å². The zero-order valence-electron chi connectivity index (χ0n) is 13.8. The van der Waals surface area contributed by atoms with Crippen LogP contribution in [0.5, 0.6) is 5.75 Å². The molecule has 22 heavy (non-hydrogen) atoms. The third-order valence-electron chi connectivity index (χ3n) is 3.42. The summed E-state index contributed by atoms with van der Waals surface area (Å²) in [7, 11) is 1.66. The van der Waals surface area contributed by atoms with Crippen LogP contribution in [0.1, 0.15) is 26.3 Å². The van der Waals surface area contributed by atoms with Crippen molar-refractivity contribution in [3.05, 3.63) is 36.0 Å². The van der Waals surface area contributed by atoms with Crippen LogP contribution in [-0.4, -0.2) is 35.1 Å². The molecule has 0 aliphatic carbocycles. The first-order chi connectivity index (χ1) is 10.5. The Bertz CT molecular complexity index is 615. The molecule has 0 bridgehead atoms. The standard InChI is InChI=1S/C17H25N3O2/c1-17(2,3)20-12-14(11-18-8-9-21)16(19-20)13-6-5-7-15(10-13)22-4/h5-7,10,12,18,21H,8-9,11H2,1-4H3. The lowest BCUT2D eigenvalue weighted by molar-refractivity contribution is 0.292. The van der Waals surface area contributed by atoms with Gasteiger partial charge in [0.25, 0.3) is 0 Å². The summed E-state index contributed by atoms with van der Waals surface area (Å²) < 4.78 is 7.29. The molecule has 2 rings (SSSR count). The van der Waals surface area contributed by atoms with Crippen molar-refractivity contribution in [3.63, 3.8) is 0 Å². The number of aliphatic hydroxyl groups is 1. The minimum absolute atomic E-state index is 0.0805. The van der Waals surface area contributed by atoms with Gasteiger partial charge in [0.15, 0.2) is 0 Å². The number of hydrogen-bond donors (Lipinski definition) is 2. The molecule has 0 saturated heterocycles. The summed E-state index contributed by atoms with van der Waals surface area (Å²) in [4.78, 5) is 0.